The summed E-state index contributed by atoms with van der Waals surface area (Å²) in [5, 5.41) is 5.66. The van der Waals surface area contributed by atoms with Gasteiger partial charge in [0.05, 0.1) is 6.61 Å². The summed E-state index contributed by atoms with van der Waals surface area (Å²) in [5.74, 6) is -0.834. The van der Waals surface area contributed by atoms with Gasteiger partial charge in [-0.2, -0.15) is 0 Å². The van der Waals surface area contributed by atoms with E-state index in [4.69, 9.17) is 4.74 Å². The van der Waals surface area contributed by atoms with Crippen LogP contribution in [0.3, 0.4) is 0 Å². The van der Waals surface area contributed by atoms with Crippen LogP contribution in [0.5, 0.6) is 0 Å². The fourth-order valence-corrected chi connectivity index (χ4v) is 1.87. The van der Waals surface area contributed by atoms with Gasteiger partial charge in [0.1, 0.15) is 0 Å². The van der Waals surface area contributed by atoms with E-state index in [1.807, 2.05) is 6.92 Å². The van der Waals surface area contributed by atoms with Crippen LogP contribution in [-0.4, -0.2) is 31.3 Å². The van der Waals surface area contributed by atoms with Gasteiger partial charge in [0.25, 0.3) is 0 Å². The molecular weight excluding hydrogens is 240 g/mol. The molecule has 1 fully saturated rings. The van der Waals surface area contributed by atoms with Gasteiger partial charge in [-0.05, 0) is 13.3 Å². The van der Waals surface area contributed by atoms with Crippen LogP contribution in [0.2, 0.25) is 0 Å². The Labute approximate surface area is 105 Å². The molecule has 4 nitrogen and oxygen atoms in total. The Kier molecular flexibility index (Phi) is 4.30. The smallest absolute Gasteiger partial charge is 0.168 e. The highest BCUT2D eigenvalue weighted by Gasteiger charge is 2.17. The van der Waals surface area contributed by atoms with Gasteiger partial charge in [0.2, 0.25) is 0 Å². The molecule has 1 aromatic heterocycles. The Bertz CT molecular complexity index is 409. The minimum absolute atomic E-state index is 0.0732. The van der Waals surface area contributed by atoms with Gasteiger partial charge < -0.3 is 15.4 Å². The molecule has 2 heterocycles. The number of hydrogen-bond donors (Lipinski definition) is 2. The van der Waals surface area contributed by atoms with E-state index >= 15 is 0 Å². The first-order valence-electron chi connectivity index (χ1n) is 6.12. The third-order valence-corrected chi connectivity index (χ3v) is 2.86. The molecule has 0 saturated carbocycles. The lowest BCUT2D eigenvalue weighted by atomic mass is 10.1. The summed E-state index contributed by atoms with van der Waals surface area (Å²) < 4.78 is 32.1. The van der Waals surface area contributed by atoms with Crippen molar-refractivity contribution in [2.75, 3.05) is 36.9 Å². The summed E-state index contributed by atoms with van der Waals surface area (Å²) >= 11 is 0. The Morgan fingerprint density at radius 1 is 1.33 bits per heavy atom. The second kappa shape index (κ2) is 5.95. The quantitative estimate of drug-likeness (QED) is 0.849. The van der Waals surface area contributed by atoms with Crippen molar-refractivity contribution in [2.24, 2.45) is 5.92 Å². The molecule has 0 aromatic carbocycles. The van der Waals surface area contributed by atoms with E-state index in [-0.39, 0.29) is 11.6 Å². The normalized spacial score (nSPS) is 18.9. The van der Waals surface area contributed by atoms with Crippen molar-refractivity contribution >= 4 is 11.6 Å². The van der Waals surface area contributed by atoms with Gasteiger partial charge in [0, 0.05) is 31.7 Å². The van der Waals surface area contributed by atoms with Gasteiger partial charge in [-0.15, -0.1) is 0 Å². The number of nitrogens with one attached hydrogen (secondary N) is 2. The monoisotopic (exact) mass is 257 g/mol. The van der Waals surface area contributed by atoms with Crippen LogP contribution in [0.25, 0.3) is 0 Å². The predicted octanol–water partition coefficient (Wildman–Crippen LogP) is 2.24. The number of ether oxygens (including phenoxy) is 1. The average molecular weight is 257 g/mol. The number of rotatable bonds is 5. The van der Waals surface area contributed by atoms with Crippen LogP contribution in [0, 0.1) is 17.6 Å². The number of halogens is 2. The first kappa shape index (κ1) is 13.0. The lowest BCUT2D eigenvalue weighted by molar-refractivity contribution is 0.187. The molecule has 2 rings (SSSR count). The second-order valence-electron chi connectivity index (χ2n) is 4.29. The van der Waals surface area contributed by atoms with E-state index in [1.165, 1.54) is 0 Å². The fraction of sp³-hybridized carbons (Fsp3) is 0.583. The van der Waals surface area contributed by atoms with E-state index in [2.05, 4.69) is 15.6 Å². The summed E-state index contributed by atoms with van der Waals surface area (Å²) in [4.78, 5) is 3.91. The Hall–Kier alpha value is -1.43. The second-order valence-corrected chi connectivity index (χ2v) is 4.29. The number of hydrogen-bond acceptors (Lipinski definition) is 4. The Balaban J connectivity index is 2.03. The molecular formula is C12H17F2N3O. The maximum Gasteiger partial charge on any atom is 0.168 e. The third kappa shape index (κ3) is 3.07. The maximum absolute atomic E-state index is 13.5. The summed E-state index contributed by atoms with van der Waals surface area (Å²) in [6, 6.07) is 0.846. The molecule has 1 atom stereocenters. The van der Waals surface area contributed by atoms with Crippen LogP contribution >= 0.6 is 0 Å². The van der Waals surface area contributed by atoms with Gasteiger partial charge in [-0.25, -0.2) is 13.8 Å². The summed E-state index contributed by atoms with van der Waals surface area (Å²) in [7, 11) is 0. The molecule has 2 N–H and O–H groups in total. The molecule has 0 radical (unpaired) electrons. The Morgan fingerprint density at radius 2 is 2.06 bits per heavy atom. The van der Waals surface area contributed by atoms with Crippen molar-refractivity contribution in [3.05, 3.63) is 17.7 Å². The maximum atomic E-state index is 13.5. The largest absolute Gasteiger partial charge is 0.381 e. The molecule has 100 valence electrons. The Morgan fingerprint density at radius 3 is 2.67 bits per heavy atom. The van der Waals surface area contributed by atoms with Gasteiger partial charge in [-0.1, -0.05) is 0 Å². The molecule has 1 unspecified atom stereocenters. The van der Waals surface area contributed by atoms with Crippen molar-refractivity contribution in [1.82, 2.24) is 4.98 Å². The number of anilines is 2. The van der Waals surface area contributed by atoms with Crippen LogP contribution in [0.1, 0.15) is 13.3 Å². The lowest BCUT2D eigenvalue weighted by Gasteiger charge is -2.12. The van der Waals surface area contributed by atoms with E-state index < -0.39 is 11.6 Å². The highest BCUT2D eigenvalue weighted by atomic mass is 19.1. The molecule has 1 aromatic rings. The van der Waals surface area contributed by atoms with E-state index in [1.54, 1.807) is 0 Å². The number of pyridine rings is 1. The molecule has 18 heavy (non-hydrogen) atoms. The highest BCUT2D eigenvalue weighted by molar-refractivity contribution is 5.47. The lowest BCUT2D eigenvalue weighted by Crippen LogP contribution is -2.16. The predicted molar refractivity (Wildman–Crippen MR) is 65.7 cm³/mol. The van der Waals surface area contributed by atoms with E-state index in [9.17, 15) is 8.78 Å². The first-order valence-corrected chi connectivity index (χ1v) is 6.12. The van der Waals surface area contributed by atoms with Crippen molar-refractivity contribution in [3.63, 3.8) is 0 Å². The average Bonchev–Trinajstić information content (AvgIpc) is 2.84. The zero-order valence-corrected chi connectivity index (χ0v) is 10.3. The third-order valence-electron chi connectivity index (χ3n) is 2.86. The molecule has 1 aliphatic rings. The van der Waals surface area contributed by atoms with Crippen molar-refractivity contribution in [1.29, 1.82) is 0 Å². The van der Waals surface area contributed by atoms with Crippen LogP contribution < -0.4 is 10.6 Å². The molecule has 0 bridgehead atoms. The minimum Gasteiger partial charge on any atom is -0.381 e. The van der Waals surface area contributed by atoms with Crippen LogP contribution in [0.4, 0.5) is 20.4 Å². The standard InChI is InChI=1S/C12H17F2N3O/c1-2-15-11-9(13)5-10(14)12(17-11)16-6-8-3-4-18-7-8/h5,8H,2-4,6-7H2,1H3,(H2,15,16,17). The molecule has 0 spiro atoms. The van der Waals surface area contributed by atoms with E-state index in [0.29, 0.717) is 25.6 Å². The minimum atomic E-state index is -0.677. The number of nitrogens with zero attached hydrogens (tertiary/aromatic N) is 1. The van der Waals surface area contributed by atoms with Gasteiger partial charge in [-0.3, -0.25) is 0 Å². The SMILES string of the molecule is CCNc1nc(NCC2CCOC2)c(F)cc1F. The zero-order valence-electron chi connectivity index (χ0n) is 10.3. The first-order chi connectivity index (χ1) is 8.70. The molecule has 0 aliphatic carbocycles. The fourth-order valence-electron chi connectivity index (χ4n) is 1.87. The topological polar surface area (TPSA) is 46.2 Å². The van der Waals surface area contributed by atoms with Gasteiger partial charge >= 0.3 is 0 Å². The summed E-state index contributed by atoms with van der Waals surface area (Å²) in [5.41, 5.74) is 0. The van der Waals surface area contributed by atoms with Gasteiger partial charge in [0.15, 0.2) is 23.3 Å². The van der Waals surface area contributed by atoms with Crippen LogP contribution in [0.15, 0.2) is 6.07 Å². The number of aromatic nitrogens is 1. The van der Waals surface area contributed by atoms with Crippen molar-refractivity contribution < 1.29 is 13.5 Å². The molecule has 1 saturated heterocycles. The molecule has 1 aliphatic heterocycles. The highest BCUT2D eigenvalue weighted by Crippen LogP contribution is 2.20. The summed E-state index contributed by atoms with van der Waals surface area (Å²) in [6.07, 6.45) is 0.954. The summed E-state index contributed by atoms with van der Waals surface area (Å²) in [6.45, 7) is 4.37. The zero-order chi connectivity index (χ0) is 13.0. The van der Waals surface area contributed by atoms with E-state index in [0.717, 1.165) is 19.1 Å². The molecule has 0 amide bonds. The van der Waals surface area contributed by atoms with Crippen LogP contribution in [-0.2, 0) is 4.74 Å². The van der Waals surface area contributed by atoms with Crippen molar-refractivity contribution in [2.45, 2.75) is 13.3 Å². The molecule has 6 heteroatoms. The van der Waals surface area contributed by atoms with Crippen molar-refractivity contribution in [3.8, 4) is 0 Å².